The number of anilines is 1. The topological polar surface area (TPSA) is 41.9 Å². The number of methoxy groups -OCH3 is 2. The Labute approximate surface area is 211 Å². The van der Waals surface area contributed by atoms with Gasteiger partial charge in [0, 0.05) is 44.8 Å². The van der Waals surface area contributed by atoms with Gasteiger partial charge in [-0.15, -0.1) is 0 Å². The molecule has 0 amide bonds. The van der Waals surface area contributed by atoms with Crippen LogP contribution in [0, 0.1) is 5.92 Å². The predicted octanol–water partition coefficient (Wildman–Crippen LogP) is 6.44. The van der Waals surface area contributed by atoms with Gasteiger partial charge in [0.1, 0.15) is 0 Å². The first-order chi connectivity index (χ1) is 17.0. The van der Waals surface area contributed by atoms with Gasteiger partial charge in [0.05, 0.1) is 6.10 Å². The van der Waals surface area contributed by atoms with Gasteiger partial charge in [0.2, 0.25) is 0 Å². The first kappa shape index (κ1) is 25.7. The molecule has 188 valence electrons. The molecule has 1 heterocycles. The number of rotatable bonds is 8. The monoisotopic (exact) mass is 475 g/mol. The molecule has 1 saturated heterocycles. The zero-order chi connectivity index (χ0) is 24.8. The van der Waals surface area contributed by atoms with Crippen LogP contribution in [0.1, 0.15) is 62.5 Å². The minimum atomic E-state index is -0.450. The molecule has 4 heteroatoms. The number of piperidine rings is 1. The summed E-state index contributed by atoms with van der Waals surface area (Å²) in [7, 11) is 3.46. The Hall–Kier alpha value is -2.40. The SMILES string of the molecule is COC(OC)C1CCN(c2ccc(C3C(/C=C\C(C)O)=C(C)CCC3c3ccccc3)cc2)CC1. The third kappa shape index (κ3) is 6.06. The molecule has 4 nitrogen and oxygen atoms in total. The highest BCUT2D eigenvalue weighted by Gasteiger charge is 2.32. The number of allylic oxidation sites excluding steroid dienone is 3. The molecule has 1 fully saturated rings. The molecule has 2 aliphatic rings. The van der Waals surface area contributed by atoms with Crippen molar-refractivity contribution in [2.45, 2.75) is 63.8 Å². The number of benzene rings is 2. The highest BCUT2D eigenvalue weighted by atomic mass is 16.7. The van der Waals surface area contributed by atoms with E-state index in [9.17, 15) is 5.11 Å². The van der Waals surface area contributed by atoms with Gasteiger partial charge >= 0.3 is 0 Å². The fraction of sp³-hybridized carbons (Fsp3) is 0.484. The average Bonchev–Trinajstić information content (AvgIpc) is 2.89. The summed E-state index contributed by atoms with van der Waals surface area (Å²) < 4.78 is 11.0. The summed E-state index contributed by atoms with van der Waals surface area (Å²) in [5.41, 5.74) is 6.80. The van der Waals surface area contributed by atoms with Gasteiger partial charge in [-0.2, -0.15) is 0 Å². The van der Waals surface area contributed by atoms with Crippen molar-refractivity contribution < 1.29 is 14.6 Å². The summed E-state index contributed by atoms with van der Waals surface area (Å²) in [6, 6.07) is 20.1. The van der Waals surface area contributed by atoms with E-state index in [4.69, 9.17) is 9.47 Å². The summed E-state index contributed by atoms with van der Waals surface area (Å²) in [6.07, 6.45) is 7.91. The fourth-order valence-electron chi connectivity index (χ4n) is 5.93. The summed E-state index contributed by atoms with van der Waals surface area (Å²) >= 11 is 0. The van der Waals surface area contributed by atoms with E-state index < -0.39 is 6.10 Å². The van der Waals surface area contributed by atoms with Crippen molar-refractivity contribution in [2.24, 2.45) is 5.92 Å². The number of ether oxygens (including phenoxy) is 2. The second kappa shape index (κ2) is 12.0. The highest BCUT2D eigenvalue weighted by Crippen LogP contribution is 2.48. The lowest BCUT2D eigenvalue weighted by Crippen LogP contribution is -2.39. The molecule has 3 atom stereocenters. The maximum atomic E-state index is 9.94. The Morgan fingerprint density at radius 2 is 1.57 bits per heavy atom. The molecule has 0 aromatic heterocycles. The van der Waals surface area contributed by atoms with Crippen LogP contribution in [-0.2, 0) is 9.47 Å². The van der Waals surface area contributed by atoms with Gasteiger partial charge in [-0.1, -0.05) is 60.2 Å². The van der Waals surface area contributed by atoms with Crippen LogP contribution >= 0.6 is 0 Å². The molecule has 1 N–H and O–H groups in total. The van der Waals surface area contributed by atoms with Crippen molar-refractivity contribution in [1.82, 2.24) is 0 Å². The molecule has 1 aliphatic carbocycles. The highest BCUT2D eigenvalue weighted by molar-refractivity contribution is 5.52. The van der Waals surface area contributed by atoms with Crippen LogP contribution in [0.2, 0.25) is 0 Å². The van der Waals surface area contributed by atoms with Crippen molar-refractivity contribution in [3.8, 4) is 0 Å². The number of hydrogen-bond acceptors (Lipinski definition) is 4. The number of hydrogen-bond donors (Lipinski definition) is 1. The van der Waals surface area contributed by atoms with Crippen LogP contribution in [0.25, 0.3) is 0 Å². The zero-order valence-electron chi connectivity index (χ0n) is 21.7. The average molecular weight is 476 g/mol. The standard InChI is InChI=1S/C31H41NO3/c1-22-10-16-29(24-8-6-5-7-9-24)30(28(22)17-11-23(2)33)25-12-14-27(15-13-25)32-20-18-26(19-21-32)31(34-3)35-4/h5-9,11-15,17,23,26,29-31,33H,10,16,18-21H2,1-4H3/b17-11-. The molecule has 2 aromatic carbocycles. The molecule has 4 rings (SSSR count). The van der Waals surface area contributed by atoms with Crippen LogP contribution in [0.4, 0.5) is 5.69 Å². The summed E-state index contributed by atoms with van der Waals surface area (Å²) in [5.74, 6) is 1.16. The summed E-state index contributed by atoms with van der Waals surface area (Å²) in [5, 5.41) is 9.94. The van der Waals surface area contributed by atoms with Crippen LogP contribution in [0.15, 0.2) is 77.9 Å². The van der Waals surface area contributed by atoms with E-state index in [1.807, 2.05) is 13.0 Å². The Morgan fingerprint density at radius 3 is 2.17 bits per heavy atom. The molecule has 0 bridgehead atoms. The Morgan fingerprint density at radius 1 is 0.914 bits per heavy atom. The van der Waals surface area contributed by atoms with Crippen LogP contribution < -0.4 is 4.90 Å². The van der Waals surface area contributed by atoms with Crippen LogP contribution in [0.3, 0.4) is 0 Å². The molecule has 0 saturated carbocycles. The molecule has 0 radical (unpaired) electrons. The van der Waals surface area contributed by atoms with Crippen LogP contribution in [0.5, 0.6) is 0 Å². The van der Waals surface area contributed by atoms with Gasteiger partial charge in [0.15, 0.2) is 6.29 Å². The molecular weight excluding hydrogens is 434 g/mol. The maximum Gasteiger partial charge on any atom is 0.159 e. The van der Waals surface area contributed by atoms with Gasteiger partial charge in [-0.05, 0) is 74.3 Å². The lowest BCUT2D eigenvalue weighted by Gasteiger charge is -2.37. The van der Waals surface area contributed by atoms with Crippen molar-refractivity contribution in [3.05, 3.63) is 89.0 Å². The second-order valence-electron chi connectivity index (χ2n) is 10.1. The second-order valence-corrected chi connectivity index (χ2v) is 10.1. The Kier molecular flexibility index (Phi) is 8.83. The van der Waals surface area contributed by atoms with E-state index in [1.165, 1.54) is 28.0 Å². The first-order valence-corrected chi connectivity index (χ1v) is 13.0. The van der Waals surface area contributed by atoms with Crippen molar-refractivity contribution in [1.29, 1.82) is 0 Å². The zero-order valence-corrected chi connectivity index (χ0v) is 21.7. The predicted molar refractivity (Wildman–Crippen MR) is 144 cm³/mol. The van der Waals surface area contributed by atoms with E-state index in [0.29, 0.717) is 11.8 Å². The molecule has 35 heavy (non-hydrogen) atoms. The quantitative estimate of drug-likeness (QED) is 0.446. The number of aliphatic hydroxyl groups excluding tert-OH is 1. The molecular formula is C31H41NO3. The Balaban J connectivity index is 1.58. The smallest absolute Gasteiger partial charge is 0.159 e. The van der Waals surface area contributed by atoms with Crippen molar-refractivity contribution >= 4 is 5.69 Å². The van der Waals surface area contributed by atoms with E-state index in [1.54, 1.807) is 14.2 Å². The van der Waals surface area contributed by atoms with E-state index in [0.717, 1.165) is 38.8 Å². The van der Waals surface area contributed by atoms with Gasteiger partial charge in [-0.3, -0.25) is 0 Å². The van der Waals surface area contributed by atoms with Gasteiger partial charge in [-0.25, -0.2) is 0 Å². The minimum absolute atomic E-state index is 0.108. The number of aliphatic hydroxyl groups is 1. The summed E-state index contributed by atoms with van der Waals surface area (Å²) in [4.78, 5) is 2.48. The maximum absolute atomic E-state index is 9.94. The molecule has 2 aromatic rings. The van der Waals surface area contributed by atoms with E-state index in [-0.39, 0.29) is 12.2 Å². The van der Waals surface area contributed by atoms with Crippen molar-refractivity contribution in [2.75, 3.05) is 32.2 Å². The van der Waals surface area contributed by atoms with Crippen molar-refractivity contribution in [3.63, 3.8) is 0 Å². The third-order valence-corrected chi connectivity index (χ3v) is 7.85. The minimum Gasteiger partial charge on any atom is -0.389 e. The molecule has 0 spiro atoms. The lowest BCUT2D eigenvalue weighted by atomic mass is 9.69. The first-order valence-electron chi connectivity index (χ1n) is 13.0. The Bertz CT molecular complexity index is 984. The molecule has 3 unspecified atom stereocenters. The third-order valence-electron chi connectivity index (χ3n) is 7.85. The largest absolute Gasteiger partial charge is 0.389 e. The van der Waals surface area contributed by atoms with E-state index in [2.05, 4.69) is 72.5 Å². The normalized spacial score (nSPS) is 22.9. The summed E-state index contributed by atoms with van der Waals surface area (Å²) in [6.45, 7) is 6.11. The van der Waals surface area contributed by atoms with Gasteiger partial charge in [0.25, 0.3) is 0 Å². The van der Waals surface area contributed by atoms with E-state index >= 15 is 0 Å². The number of nitrogens with zero attached hydrogens (tertiary/aromatic N) is 1. The lowest BCUT2D eigenvalue weighted by molar-refractivity contribution is -0.141. The van der Waals surface area contributed by atoms with Gasteiger partial charge < -0.3 is 19.5 Å². The van der Waals surface area contributed by atoms with Crippen LogP contribution in [-0.4, -0.2) is 44.8 Å². The molecule has 1 aliphatic heterocycles. The fourth-order valence-corrected chi connectivity index (χ4v) is 5.93.